The molecule has 0 saturated carbocycles. The van der Waals surface area contributed by atoms with E-state index in [4.69, 9.17) is 10.5 Å². The third kappa shape index (κ3) is 5.99. The summed E-state index contributed by atoms with van der Waals surface area (Å²) in [6, 6.07) is 3.20. The highest BCUT2D eigenvalue weighted by molar-refractivity contribution is 5.77. The summed E-state index contributed by atoms with van der Waals surface area (Å²) in [7, 11) is 0. The fourth-order valence-corrected chi connectivity index (χ4v) is 1.66. The number of nitrogens with two attached hydrogens (primary N) is 1. The van der Waals surface area contributed by atoms with Gasteiger partial charge in [0.25, 0.3) is 11.5 Å². The molecule has 1 aromatic heterocycles. The number of aromatic nitrogens is 1. The van der Waals surface area contributed by atoms with Crippen LogP contribution in [-0.4, -0.2) is 29.7 Å². The number of carbonyl (C=O) groups is 1. The van der Waals surface area contributed by atoms with Gasteiger partial charge in [-0.05, 0) is 24.5 Å². The second-order valence-corrected chi connectivity index (χ2v) is 5.48. The fraction of sp³-hybridized carbons (Fsp3) is 0.600. The second kappa shape index (κ2) is 8.46. The Morgan fingerprint density at radius 1 is 1.48 bits per heavy atom. The van der Waals surface area contributed by atoms with Gasteiger partial charge in [0.1, 0.15) is 0 Å². The lowest BCUT2D eigenvalue weighted by Crippen LogP contribution is -2.34. The molecule has 0 aliphatic heterocycles. The minimum absolute atomic E-state index is 0.0766. The van der Waals surface area contributed by atoms with Crippen LogP contribution in [0.15, 0.2) is 23.1 Å². The summed E-state index contributed by atoms with van der Waals surface area (Å²) in [5.74, 6) is 0.308. The Labute approximate surface area is 125 Å². The summed E-state index contributed by atoms with van der Waals surface area (Å²) in [5, 5.41) is 2.73. The molecule has 1 amide bonds. The average molecular weight is 295 g/mol. The van der Waals surface area contributed by atoms with Crippen LogP contribution in [0.25, 0.3) is 0 Å². The molecule has 3 N–H and O–H groups in total. The Hall–Kier alpha value is -1.82. The number of nitrogens with one attached hydrogen (secondary N) is 1. The van der Waals surface area contributed by atoms with E-state index < -0.39 is 0 Å². The number of ether oxygens (including phenoxy) is 1. The third-order valence-electron chi connectivity index (χ3n) is 3.01. The largest absolute Gasteiger partial charge is 0.478 e. The van der Waals surface area contributed by atoms with Crippen molar-refractivity contribution in [3.63, 3.8) is 0 Å². The van der Waals surface area contributed by atoms with Crippen LogP contribution in [0.3, 0.4) is 0 Å². The zero-order valence-electron chi connectivity index (χ0n) is 13.0. The standard InChI is InChI=1S/C15H25N3O3/c1-4-12(16)9-18-7-5-6-13(15(18)20)21-10-14(19)17-8-11(2)3/h5-7,11-12H,4,8-10,16H2,1-3H3,(H,17,19). The highest BCUT2D eigenvalue weighted by Crippen LogP contribution is 2.03. The molecule has 6 nitrogen and oxygen atoms in total. The van der Waals surface area contributed by atoms with Gasteiger partial charge in [-0.1, -0.05) is 20.8 Å². The van der Waals surface area contributed by atoms with E-state index in [9.17, 15) is 9.59 Å². The van der Waals surface area contributed by atoms with Crippen molar-refractivity contribution in [1.82, 2.24) is 9.88 Å². The minimum Gasteiger partial charge on any atom is -0.478 e. The summed E-state index contributed by atoms with van der Waals surface area (Å²) in [5.41, 5.74) is 5.58. The predicted molar refractivity (Wildman–Crippen MR) is 82.3 cm³/mol. The lowest BCUT2D eigenvalue weighted by Gasteiger charge is -2.13. The number of hydrogen-bond donors (Lipinski definition) is 2. The SMILES string of the molecule is CCC(N)Cn1cccc(OCC(=O)NCC(C)C)c1=O. The van der Waals surface area contributed by atoms with Crippen molar-refractivity contribution in [3.8, 4) is 5.75 Å². The molecule has 0 aliphatic carbocycles. The molecular formula is C15H25N3O3. The van der Waals surface area contributed by atoms with Crippen molar-refractivity contribution in [3.05, 3.63) is 28.7 Å². The lowest BCUT2D eigenvalue weighted by molar-refractivity contribution is -0.123. The Balaban J connectivity index is 2.61. The molecule has 0 bridgehead atoms. The number of hydrogen-bond acceptors (Lipinski definition) is 4. The maximum atomic E-state index is 12.1. The first-order valence-corrected chi connectivity index (χ1v) is 7.28. The fourth-order valence-electron chi connectivity index (χ4n) is 1.66. The zero-order valence-corrected chi connectivity index (χ0v) is 13.0. The molecule has 0 aromatic carbocycles. The molecule has 0 spiro atoms. The number of pyridine rings is 1. The van der Waals surface area contributed by atoms with E-state index in [0.29, 0.717) is 19.0 Å². The smallest absolute Gasteiger partial charge is 0.292 e. The van der Waals surface area contributed by atoms with E-state index in [2.05, 4.69) is 5.32 Å². The van der Waals surface area contributed by atoms with Gasteiger partial charge in [0.2, 0.25) is 0 Å². The van der Waals surface area contributed by atoms with Gasteiger partial charge >= 0.3 is 0 Å². The lowest BCUT2D eigenvalue weighted by atomic mass is 10.2. The molecule has 1 unspecified atom stereocenters. The van der Waals surface area contributed by atoms with Gasteiger partial charge in [-0.25, -0.2) is 0 Å². The topological polar surface area (TPSA) is 86.3 Å². The molecule has 1 rings (SSSR count). The Morgan fingerprint density at radius 3 is 2.81 bits per heavy atom. The summed E-state index contributed by atoms with van der Waals surface area (Å²) < 4.78 is 6.81. The summed E-state index contributed by atoms with van der Waals surface area (Å²) in [6.07, 6.45) is 2.46. The van der Waals surface area contributed by atoms with E-state index in [1.165, 1.54) is 4.57 Å². The van der Waals surface area contributed by atoms with Crippen molar-refractivity contribution >= 4 is 5.91 Å². The van der Waals surface area contributed by atoms with Crippen molar-refractivity contribution in [2.45, 2.75) is 39.8 Å². The van der Waals surface area contributed by atoms with Gasteiger partial charge in [-0.2, -0.15) is 0 Å². The van der Waals surface area contributed by atoms with E-state index in [0.717, 1.165) is 6.42 Å². The molecule has 0 saturated heterocycles. The summed E-state index contributed by atoms with van der Waals surface area (Å²) in [6.45, 7) is 6.85. The van der Waals surface area contributed by atoms with Gasteiger partial charge in [0, 0.05) is 25.3 Å². The molecule has 0 fully saturated rings. The monoisotopic (exact) mass is 295 g/mol. The average Bonchev–Trinajstić information content (AvgIpc) is 2.45. The first-order chi connectivity index (χ1) is 9.93. The van der Waals surface area contributed by atoms with E-state index in [-0.39, 0.29) is 29.9 Å². The molecule has 118 valence electrons. The Bertz CT molecular complexity index is 511. The molecule has 1 atom stereocenters. The van der Waals surface area contributed by atoms with Crippen molar-refractivity contribution in [2.24, 2.45) is 11.7 Å². The van der Waals surface area contributed by atoms with Crippen LogP contribution in [0.5, 0.6) is 5.75 Å². The molecule has 6 heteroatoms. The number of carbonyl (C=O) groups excluding carboxylic acids is 1. The highest BCUT2D eigenvalue weighted by Gasteiger charge is 2.09. The maximum Gasteiger partial charge on any atom is 0.292 e. The summed E-state index contributed by atoms with van der Waals surface area (Å²) >= 11 is 0. The van der Waals surface area contributed by atoms with Crippen LogP contribution in [-0.2, 0) is 11.3 Å². The molecule has 0 radical (unpaired) electrons. The molecule has 0 aliphatic rings. The van der Waals surface area contributed by atoms with Crippen LogP contribution in [0.1, 0.15) is 27.2 Å². The maximum absolute atomic E-state index is 12.1. The van der Waals surface area contributed by atoms with Crippen LogP contribution in [0, 0.1) is 5.92 Å². The number of rotatable bonds is 8. The zero-order chi connectivity index (χ0) is 15.8. The number of nitrogens with zero attached hydrogens (tertiary/aromatic N) is 1. The Morgan fingerprint density at radius 2 is 2.19 bits per heavy atom. The normalized spacial score (nSPS) is 12.2. The molecular weight excluding hydrogens is 270 g/mol. The van der Waals surface area contributed by atoms with Crippen LogP contribution >= 0.6 is 0 Å². The van der Waals surface area contributed by atoms with Gasteiger partial charge in [0.15, 0.2) is 12.4 Å². The number of amides is 1. The van der Waals surface area contributed by atoms with Crippen molar-refractivity contribution in [2.75, 3.05) is 13.2 Å². The third-order valence-corrected chi connectivity index (χ3v) is 3.01. The van der Waals surface area contributed by atoms with Crippen molar-refractivity contribution in [1.29, 1.82) is 0 Å². The highest BCUT2D eigenvalue weighted by atomic mass is 16.5. The predicted octanol–water partition coefficient (Wildman–Crippen LogP) is 0.737. The van der Waals surface area contributed by atoms with Crippen LogP contribution < -0.4 is 21.3 Å². The Kier molecular flexibility index (Phi) is 6.94. The first kappa shape index (κ1) is 17.2. The quantitative estimate of drug-likeness (QED) is 0.740. The summed E-state index contributed by atoms with van der Waals surface area (Å²) in [4.78, 5) is 23.7. The van der Waals surface area contributed by atoms with Crippen LogP contribution in [0.2, 0.25) is 0 Å². The van der Waals surface area contributed by atoms with E-state index >= 15 is 0 Å². The van der Waals surface area contributed by atoms with Crippen molar-refractivity contribution < 1.29 is 9.53 Å². The molecule has 1 aromatic rings. The minimum atomic E-state index is -0.266. The van der Waals surface area contributed by atoms with Gasteiger partial charge in [-0.15, -0.1) is 0 Å². The van der Waals surface area contributed by atoms with Gasteiger partial charge in [0.05, 0.1) is 0 Å². The first-order valence-electron chi connectivity index (χ1n) is 7.28. The molecule has 1 heterocycles. The van der Waals surface area contributed by atoms with E-state index in [1.54, 1.807) is 18.3 Å². The second-order valence-electron chi connectivity index (χ2n) is 5.48. The van der Waals surface area contributed by atoms with Crippen LogP contribution in [0.4, 0.5) is 0 Å². The van der Waals surface area contributed by atoms with Gasteiger partial charge < -0.3 is 20.4 Å². The molecule has 21 heavy (non-hydrogen) atoms. The van der Waals surface area contributed by atoms with Gasteiger partial charge in [-0.3, -0.25) is 9.59 Å². The van der Waals surface area contributed by atoms with E-state index in [1.807, 2.05) is 20.8 Å².